The van der Waals surface area contributed by atoms with Crippen molar-refractivity contribution in [1.82, 2.24) is 4.90 Å². The average Bonchev–Trinajstić information content (AvgIpc) is 2.93. The highest BCUT2D eigenvalue weighted by Crippen LogP contribution is 2.29. The summed E-state index contributed by atoms with van der Waals surface area (Å²) in [5.74, 6) is -0.746. The Morgan fingerprint density at radius 1 is 1.50 bits per heavy atom. The van der Waals surface area contributed by atoms with E-state index in [2.05, 4.69) is 15.0 Å². The van der Waals surface area contributed by atoms with Gasteiger partial charge in [0.15, 0.2) is 24.3 Å². The molecule has 0 saturated carbocycles. The van der Waals surface area contributed by atoms with E-state index < -0.39 is 43.2 Å². The Kier molecular flexibility index (Phi) is 3.00. The van der Waals surface area contributed by atoms with Gasteiger partial charge in [-0.05, 0) is 0 Å². The Morgan fingerprint density at radius 2 is 2.25 bits per heavy atom. The van der Waals surface area contributed by atoms with Crippen LogP contribution in [-0.2, 0) is 9.53 Å². The van der Waals surface area contributed by atoms with Crippen LogP contribution in [0, 0.1) is 0 Å². The van der Waals surface area contributed by atoms with Gasteiger partial charge in [-0.3, -0.25) is 14.7 Å². The van der Waals surface area contributed by atoms with Crippen molar-refractivity contribution in [2.24, 2.45) is 20.7 Å². The third kappa shape index (κ3) is 1.80. The summed E-state index contributed by atoms with van der Waals surface area (Å²) >= 11 is 0. The topological polar surface area (TPSA) is 133 Å². The summed E-state index contributed by atoms with van der Waals surface area (Å²) in [6.45, 7) is -0.526. The van der Waals surface area contributed by atoms with Gasteiger partial charge in [0.25, 0.3) is 5.91 Å². The van der Waals surface area contributed by atoms with Crippen molar-refractivity contribution >= 4 is 24.0 Å². The molecule has 1 saturated heterocycles. The number of guanidine groups is 1. The van der Waals surface area contributed by atoms with Crippen molar-refractivity contribution in [3.8, 4) is 0 Å². The molecule has 0 aromatic carbocycles. The Morgan fingerprint density at radius 3 is 2.90 bits per heavy atom. The van der Waals surface area contributed by atoms with E-state index in [1.165, 1.54) is 11.2 Å². The molecule has 0 spiro atoms. The SMILES string of the molecule is NC1=NC(=O)C2N=CN([C@@H]3O[C@H](CO)[C@@H](O)[C@@H]3F)C2=N1. The van der Waals surface area contributed by atoms with Crippen LogP contribution < -0.4 is 5.73 Å². The first-order chi connectivity index (χ1) is 9.52. The highest BCUT2D eigenvalue weighted by atomic mass is 19.1. The van der Waals surface area contributed by atoms with Gasteiger partial charge in [0.05, 0.1) is 12.9 Å². The van der Waals surface area contributed by atoms with Gasteiger partial charge >= 0.3 is 0 Å². The quantitative estimate of drug-likeness (QED) is 0.508. The fourth-order valence-corrected chi connectivity index (χ4v) is 2.29. The zero-order valence-electron chi connectivity index (χ0n) is 10.1. The molecule has 1 amide bonds. The molecule has 3 aliphatic rings. The lowest BCUT2D eigenvalue weighted by atomic mass is 10.1. The third-order valence-electron chi connectivity index (χ3n) is 3.28. The van der Waals surface area contributed by atoms with Crippen LogP contribution in [0.2, 0.25) is 0 Å². The second-order valence-corrected chi connectivity index (χ2v) is 4.54. The maximum Gasteiger partial charge on any atom is 0.281 e. The fraction of sp³-hybridized carbons (Fsp3) is 0.600. The molecule has 3 aliphatic heterocycles. The first kappa shape index (κ1) is 13.1. The number of ether oxygens (including phenoxy) is 1. The molecule has 0 aromatic heterocycles. The number of hydrogen-bond acceptors (Lipinski definition) is 8. The van der Waals surface area contributed by atoms with Gasteiger partial charge in [-0.2, -0.15) is 9.98 Å². The van der Waals surface area contributed by atoms with Crippen LogP contribution in [0.25, 0.3) is 0 Å². The predicted octanol–water partition coefficient (Wildman–Crippen LogP) is -2.63. The lowest BCUT2D eigenvalue weighted by molar-refractivity contribution is -0.117. The van der Waals surface area contributed by atoms with E-state index in [-0.39, 0.29) is 11.8 Å². The number of aliphatic hydroxyl groups excluding tert-OH is 2. The normalized spacial score (nSPS) is 39.9. The summed E-state index contributed by atoms with van der Waals surface area (Å²) in [5, 5.41) is 18.6. The van der Waals surface area contributed by atoms with E-state index in [9.17, 15) is 14.3 Å². The van der Waals surface area contributed by atoms with Crippen molar-refractivity contribution in [3.63, 3.8) is 0 Å². The summed E-state index contributed by atoms with van der Waals surface area (Å²) in [6, 6.07) is -0.969. The van der Waals surface area contributed by atoms with Gasteiger partial charge in [-0.15, -0.1) is 0 Å². The second kappa shape index (κ2) is 4.58. The summed E-state index contributed by atoms with van der Waals surface area (Å²) in [5.41, 5.74) is 5.39. The molecule has 3 rings (SSSR count). The molecule has 0 aromatic rings. The summed E-state index contributed by atoms with van der Waals surface area (Å²) in [4.78, 5) is 24.0. The lowest BCUT2D eigenvalue weighted by Gasteiger charge is -2.26. The second-order valence-electron chi connectivity index (χ2n) is 4.54. The van der Waals surface area contributed by atoms with Crippen molar-refractivity contribution in [1.29, 1.82) is 0 Å². The molecule has 3 heterocycles. The van der Waals surface area contributed by atoms with E-state index in [0.29, 0.717) is 0 Å². The first-order valence-electron chi connectivity index (χ1n) is 5.89. The smallest absolute Gasteiger partial charge is 0.281 e. The molecule has 4 N–H and O–H groups in total. The minimum absolute atomic E-state index is 0.0981. The number of carbonyl (C=O) groups is 1. The molecule has 5 atom stereocenters. The average molecular weight is 285 g/mol. The monoisotopic (exact) mass is 285 g/mol. The standard InChI is InChI=1S/C10H12FN5O4/c11-4-6(18)3(1-17)20-9(4)16-2-13-5-7(16)14-10(12)15-8(5)19/h2-6,9,17-18H,1H2,(H2,12,15,19)/t3-,4+,5?,6-,9-/m1/s1. The fourth-order valence-electron chi connectivity index (χ4n) is 2.29. The summed E-state index contributed by atoms with van der Waals surface area (Å²) < 4.78 is 19.3. The number of amides is 1. The number of halogens is 1. The van der Waals surface area contributed by atoms with Gasteiger partial charge in [0, 0.05) is 0 Å². The molecule has 20 heavy (non-hydrogen) atoms. The van der Waals surface area contributed by atoms with E-state index in [1.54, 1.807) is 0 Å². The van der Waals surface area contributed by atoms with Gasteiger partial charge in [-0.25, -0.2) is 4.39 Å². The number of carbonyl (C=O) groups excluding carboxylic acids is 1. The van der Waals surface area contributed by atoms with Gasteiger partial charge < -0.3 is 20.7 Å². The van der Waals surface area contributed by atoms with Crippen LogP contribution in [-0.4, -0.2) is 76.4 Å². The van der Waals surface area contributed by atoms with Gasteiger partial charge in [0.1, 0.15) is 12.2 Å². The van der Waals surface area contributed by atoms with Crippen LogP contribution in [0.3, 0.4) is 0 Å². The number of fused-ring (bicyclic) bond motifs is 1. The molecule has 0 aliphatic carbocycles. The molecule has 9 nitrogen and oxygen atoms in total. The number of amidine groups is 1. The lowest BCUT2D eigenvalue weighted by Crippen LogP contribution is -2.48. The maximum atomic E-state index is 14.0. The predicted molar refractivity (Wildman–Crippen MR) is 64.8 cm³/mol. The first-order valence-corrected chi connectivity index (χ1v) is 5.89. The molecular weight excluding hydrogens is 273 g/mol. The molecule has 1 fully saturated rings. The largest absolute Gasteiger partial charge is 0.394 e. The van der Waals surface area contributed by atoms with Crippen LogP contribution >= 0.6 is 0 Å². The molecular formula is C10H12FN5O4. The van der Waals surface area contributed by atoms with E-state index >= 15 is 0 Å². The Hall–Kier alpha value is -1.91. The minimum atomic E-state index is -1.78. The molecule has 10 heteroatoms. The van der Waals surface area contributed by atoms with Crippen LogP contribution in [0.15, 0.2) is 15.0 Å². The number of rotatable bonds is 2. The summed E-state index contributed by atoms with van der Waals surface area (Å²) in [7, 11) is 0. The van der Waals surface area contributed by atoms with Crippen molar-refractivity contribution in [3.05, 3.63) is 0 Å². The number of aliphatic imine (C=N–C) groups is 3. The molecule has 0 bridgehead atoms. The molecule has 108 valence electrons. The van der Waals surface area contributed by atoms with E-state index in [0.717, 1.165) is 0 Å². The van der Waals surface area contributed by atoms with E-state index in [1.807, 2.05) is 0 Å². The van der Waals surface area contributed by atoms with Crippen LogP contribution in [0.5, 0.6) is 0 Å². The van der Waals surface area contributed by atoms with Gasteiger partial charge in [-0.1, -0.05) is 0 Å². The van der Waals surface area contributed by atoms with Crippen LogP contribution in [0.4, 0.5) is 4.39 Å². The molecule has 1 unspecified atom stereocenters. The summed E-state index contributed by atoms with van der Waals surface area (Å²) in [6.07, 6.45) is -4.33. The van der Waals surface area contributed by atoms with E-state index in [4.69, 9.17) is 15.6 Å². The number of aliphatic hydroxyl groups is 2. The Bertz CT molecular complexity index is 536. The van der Waals surface area contributed by atoms with Crippen LogP contribution in [0.1, 0.15) is 0 Å². The zero-order chi connectivity index (χ0) is 14.4. The number of hydrogen-bond donors (Lipinski definition) is 3. The highest BCUT2D eigenvalue weighted by molar-refractivity contribution is 6.21. The highest BCUT2D eigenvalue weighted by Gasteiger charge is 2.50. The van der Waals surface area contributed by atoms with Crippen molar-refractivity contribution in [2.45, 2.75) is 30.6 Å². The Labute approximate surface area is 112 Å². The minimum Gasteiger partial charge on any atom is -0.394 e. The number of alkyl halides is 1. The van der Waals surface area contributed by atoms with Crippen molar-refractivity contribution in [2.75, 3.05) is 6.61 Å². The van der Waals surface area contributed by atoms with Gasteiger partial charge in [0.2, 0.25) is 5.96 Å². The maximum absolute atomic E-state index is 14.0. The third-order valence-corrected chi connectivity index (χ3v) is 3.28. The number of nitrogens with zero attached hydrogens (tertiary/aromatic N) is 4. The Balaban J connectivity index is 1.87. The zero-order valence-corrected chi connectivity index (χ0v) is 10.1. The molecule has 0 radical (unpaired) electrons. The van der Waals surface area contributed by atoms with Crippen molar-refractivity contribution < 1.29 is 24.1 Å². The number of nitrogens with two attached hydrogens (primary N) is 1.